The molecule has 136 valence electrons. The van der Waals surface area contributed by atoms with Crippen molar-refractivity contribution in [2.75, 3.05) is 5.32 Å². The van der Waals surface area contributed by atoms with Crippen molar-refractivity contribution in [1.29, 1.82) is 0 Å². The molecule has 0 unspecified atom stereocenters. The van der Waals surface area contributed by atoms with Crippen LogP contribution in [0.15, 0.2) is 46.9 Å². The van der Waals surface area contributed by atoms with E-state index in [2.05, 4.69) is 33.2 Å². The van der Waals surface area contributed by atoms with E-state index in [0.29, 0.717) is 12.3 Å². The number of amides is 2. The summed E-state index contributed by atoms with van der Waals surface area (Å²) in [5.41, 5.74) is 1.71. The Morgan fingerprint density at radius 1 is 1.19 bits per heavy atom. The number of hydrogen-bond donors (Lipinski definition) is 2. The Morgan fingerprint density at radius 2 is 2.00 bits per heavy atom. The molecule has 26 heavy (non-hydrogen) atoms. The number of carbonyl (C=O) groups excluding carboxylic acids is 2. The summed E-state index contributed by atoms with van der Waals surface area (Å²) < 4.78 is 6.15. The molecule has 1 heterocycles. The molecule has 0 atom stereocenters. The third kappa shape index (κ3) is 5.45. The van der Waals surface area contributed by atoms with Gasteiger partial charge in [0.25, 0.3) is 0 Å². The highest BCUT2D eigenvalue weighted by Gasteiger charge is 2.22. The van der Waals surface area contributed by atoms with E-state index in [9.17, 15) is 9.59 Å². The molecule has 5 nitrogen and oxygen atoms in total. The first-order valence-corrected chi connectivity index (χ1v) is 9.79. The first kappa shape index (κ1) is 18.7. The molecule has 0 saturated heterocycles. The maximum atomic E-state index is 12.2. The second-order valence-electron chi connectivity index (χ2n) is 6.36. The summed E-state index contributed by atoms with van der Waals surface area (Å²) in [5, 5.41) is 5.81. The van der Waals surface area contributed by atoms with Gasteiger partial charge in [0.05, 0.1) is 0 Å². The summed E-state index contributed by atoms with van der Waals surface area (Å²) in [5.74, 6) is 0.672. The zero-order valence-corrected chi connectivity index (χ0v) is 16.5. The van der Waals surface area contributed by atoms with Gasteiger partial charge in [-0.1, -0.05) is 25.0 Å². The number of benzene rings is 1. The minimum atomic E-state index is -0.197. The predicted octanol–water partition coefficient (Wildman–Crippen LogP) is 4.34. The first-order valence-electron chi connectivity index (χ1n) is 8.71. The van der Waals surface area contributed by atoms with Gasteiger partial charge in [0, 0.05) is 24.2 Å². The normalized spacial score (nSPS) is 14.7. The largest absolute Gasteiger partial charge is 0.451 e. The molecular formula is C20H21IN2O3. The van der Waals surface area contributed by atoms with Gasteiger partial charge >= 0.3 is 0 Å². The molecule has 1 fully saturated rings. The fraction of sp³-hybridized carbons (Fsp3) is 0.300. The van der Waals surface area contributed by atoms with E-state index in [1.165, 1.54) is 6.08 Å². The maximum absolute atomic E-state index is 12.2. The van der Waals surface area contributed by atoms with E-state index in [-0.39, 0.29) is 17.7 Å². The molecule has 0 spiro atoms. The van der Waals surface area contributed by atoms with E-state index >= 15 is 0 Å². The zero-order valence-electron chi connectivity index (χ0n) is 14.3. The summed E-state index contributed by atoms with van der Waals surface area (Å²) in [6.45, 7) is 0.395. The van der Waals surface area contributed by atoms with Gasteiger partial charge < -0.3 is 15.1 Å². The van der Waals surface area contributed by atoms with Gasteiger partial charge in [-0.3, -0.25) is 9.59 Å². The summed E-state index contributed by atoms with van der Waals surface area (Å²) in [6.07, 6.45) is 7.30. The molecule has 1 aromatic carbocycles. The van der Waals surface area contributed by atoms with Crippen LogP contribution in [0, 0.1) is 9.68 Å². The molecule has 6 heteroatoms. The summed E-state index contributed by atoms with van der Waals surface area (Å²) in [4.78, 5) is 24.1. The molecular weight excluding hydrogens is 443 g/mol. The maximum Gasteiger partial charge on any atom is 0.244 e. The molecule has 2 N–H and O–H groups in total. The number of anilines is 1. The number of halogens is 1. The monoisotopic (exact) mass is 464 g/mol. The number of nitrogens with one attached hydrogen (secondary N) is 2. The second-order valence-corrected chi connectivity index (χ2v) is 7.43. The molecule has 1 aliphatic rings. The van der Waals surface area contributed by atoms with Gasteiger partial charge in [0.15, 0.2) is 3.77 Å². The Kier molecular flexibility index (Phi) is 6.49. The van der Waals surface area contributed by atoms with Crippen LogP contribution in [-0.2, 0) is 16.1 Å². The van der Waals surface area contributed by atoms with Crippen LogP contribution in [0.1, 0.15) is 37.0 Å². The van der Waals surface area contributed by atoms with Crippen molar-refractivity contribution in [3.8, 4) is 0 Å². The number of carbonyl (C=O) groups is 2. The zero-order chi connectivity index (χ0) is 18.4. The number of rotatable bonds is 6. The first-order chi connectivity index (χ1) is 12.6. The Hall–Kier alpha value is -2.09. The van der Waals surface area contributed by atoms with Crippen LogP contribution in [0.3, 0.4) is 0 Å². The van der Waals surface area contributed by atoms with Gasteiger partial charge in [-0.2, -0.15) is 0 Å². The SMILES string of the molecule is O=C(/C=C/c1ccc(I)o1)NCc1cccc(NC(=O)C2CCCC2)c1. The van der Waals surface area contributed by atoms with Crippen molar-refractivity contribution >= 4 is 46.2 Å². The lowest BCUT2D eigenvalue weighted by atomic mass is 10.1. The molecule has 2 amide bonds. The summed E-state index contributed by atoms with van der Waals surface area (Å²) in [7, 11) is 0. The van der Waals surface area contributed by atoms with Gasteiger partial charge in [-0.15, -0.1) is 0 Å². The summed E-state index contributed by atoms with van der Waals surface area (Å²) >= 11 is 2.07. The van der Waals surface area contributed by atoms with Crippen LogP contribution >= 0.6 is 22.6 Å². The van der Waals surface area contributed by atoms with Crippen LogP contribution in [0.2, 0.25) is 0 Å². The van der Waals surface area contributed by atoms with Crippen molar-refractivity contribution in [3.63, 3.8) is 0 Å². The van der Waals surface area contributed by atoms with E-state index in [1.807, 2.05) is 36.4 Å². The number of hydrogen-bond acceptors (Lipinski definition) is 3. The van der Waals surface area contributed by atoms with E-state index in [4.69, 9.17) is 4.42 Å². The fourth-order valence-electron chi connectivity index (χ4n) is 3.02. The quantitative estimate of drug-likeness (QED) is 0.494. The van der Waals surface area contributed by atoms with E-state index < -0.39 is 0 Å². The summed E-state index contributed by atoms with van der Waals surface area (Å²) in [6, 6.07) is 11.2. The molecule has 0 bridgehead atoms. The van der Waals surface area contributed by atoms with E-state index in [0.717, 1.165) is 40.7 Å². The van der Waals surface area contributed by atoms with Crippen molar-refractivity contribution in [2.45, 2.75) is 32.2 Å². The predicted molar refractivity (Wildman–Crippen MR) is 109 cm³/mol. The molecule has 0 aliphatic heterocycles. The van der Waals surface area contributed by atoms with Crippen LogP contribution in [0.5, 0.6) is 0 Å². The Morgan fingerprint density at radius 3 is 2.73 bits per heavy atom. The van der Waals surface area contributed by atoms with E-state index in [1.54, 1.807) is 6.08 Å². The lowest BCUT2D eigenvalue weighted by Crippen LogP contribution is -2.21. The molecule has 1 saturated carbocycles. The second kappa shape index (κ2) is 9.02. The van der Waals surface area contributed by atoms with Crippen molar-refractivity contribution in [1.82, 2.24) is 5.32 Å². The fourth-order valence-corrected chi connectivity index (χ4v) is 3.45. The molecule has 1 aliphatic carbocycles. The average Bonchev–Trinajstić information content (AvgIpc) is 3.30. The standard InChI is InChI=1S/C20H21IN2O3/c21-18-10-8-17(26-18)9-11-19(24)22-13-14-4-3-7-16(12-14)23-20(25)15-5-1-2-6-15/h3-4,7-12,15H,1-2,5-6,13H2,(H,22,24)(H,23,25)/b11-9+. The Balaban J connectivity index is 1.50. The third-order valence-corrected chi connectivity index (χ3v) is 4.96. The lowest BCUT2D eigenvalue weighted by molar-refractivity contribution is -0.119. The third-order valence-electron chi connectivity index (χ3n) is 4.38. The molecule has 2 aromatic rings. The van der Waals surface area contributed by atoms with Crippen LogP contribution < -0.4 is 10.6 Å². The highest BCUT2D eigenvalue weighted by molar-refractivity contribution is 14.1. The lowest BCUT2D eigenvalue weighted by Gasteiger charge is -2.11. The minimum absolute atomic E-state index is 0.0969. The van der Waals surface area contributed by atoms with Crippen molar-refractivity contribution < 1.29 is 14.0 Å². The highest BCUT2D eigenvalue weighted by atomic mass is 127. The Bertz CT molecular complexity index is 807. The topological polar surface area (TPSA) is 71.3 Å². The molecule has 0 radical (unpaired) electrons. The smallest absolute Gasteiger partial charge is 0.244 e. The van der Waals surface area contributed by atoms with Gasteiger partial charge in [-0.25, -0.2) is 0 Å². The highest BCUT2D eigenvalue weighted by Crippen LogP contribution is 2.26. The van der Waals surface area contributed by atoms with Crippen molar-refractivity contribution in [2.24, 2.45) is 5.92 Å². The van der Waals surface area contributed by atoms with Crippen LogP contribution in [-0.4, -0.2) is 11.8 Å². The molecule has 3 rings (SSSR count). The van der Waals surface area contributed by atoms with Crippen LogP contribution in [0.4, 0.5) is 5.69 Å². The number of furan rings is 1. The van der Waals surface area contributed by atoms with Gasteiger partial charge in [0.2, 0.25) is 11.8 Å². The van der Waals surface area contributed by atoms with Gasteiger partial charge in [0.1, 0.15) is 5.76 Å². The van der Waals surface area contributed by atoms with Crippen molar-refractivity contribution in [3.05, 3.63) is 57.6 Å². The van der Waals surface area contributed by atoms with Gasteiger partial charge in [-0.05, 0) is 71.3 Å². The van der Waals surface area contributed by atoms with Crippen LogP contribution in [0.25, 0.3) is 6.08 Å². The average molecular weight is 464 g/mol. The minimum Gasteiger partial charge on any atom is -0.451 e. The molecule has 1 aromatic heterocycles. The Labute approximate surface area is 166 Å².